The second-order valence-corrected chi connectivity index (χ2v) is 5.23. The van der Waals surface area contributed by atoms with Crippen molar-refractivity contribution in [1.29, 1.82) is 0 Å². The molecule has 0 unspecified atom stereocenters. The van der Waals surface area contributed by atoms with Crippen molar-refractivity contribution in [2.24, 2.45) is 0 Å². The molecule has 3 aromatic carbocycles. The number of hydrogen-bond acceptors (Lipinski definition) is 1. The highest BCUT2D eigenvalue weighted by atomic mass is 79.9. The molecule has 0 fully saturated rings. The molecule has 2 heteroatoms. The van der Waals surface area contributed by atoms with Crippen LogP contribution in [-0.2, 0) is 0 Å². The summed E-state index contributed by atoms with van der Waals surface area (Å²) in [7, 11) is 0. The Labute approximate surface area is 113 Å². The normalized spacial score (nSPS) is 12.1. The van der Waals surface area contributed by atoms with Gasteiger partial charge in [0.05, 0.1) is 0 Å². The smallest absolute Gasteiger partial charge is 0.135 e. The molecule has 0 radical (unpaired) electrons. The lowest BCUT2D eigenvalue weighted by Gasteiger charge is -2.21. The molecule has 3 aromatic rings. The standard InChI is InChI=1S/C16H9BrO/c17-13-9-8-11-10-4-1-2-6-14(10)18-15-7-3-5-12(13)16(11)15/h1-9H. The number of rotatable bonds is 0. The predicted octanol–water partition coefficient (Wildman–Crippen LogP) is 5.38. The van der Waals surface area contributed by atoms with E-state index >= 15 is 0 Å². The zero-order chi connectivity index (χ0) is 12.1. The summed E-state index contributed by atoms with van der Waals surface area (Å²) in [6.07, 6.45) is 0. The average Bonchev–Trinajstić information content (AvgIpc) is 2.42. The van der Waals surface area contributed by atoms with Crippen molar-refractivity contribution in [3.63, 3.8) is 0 Å². The van der Waals surface area contributed by atoms with Crippen LogP contribution in [-0.4, -0.2) is 0 Å². The van der Waals surface area contributed by atoms with Crippen molar-refractivity contribution in [2.45, 2.75) is 0 Å². The molecule has 0 aromatic heterocycles. The van der Waals surface area contributed by atoms with E-state index < -0.39 is 0 Å². The third kappa shape index (κ3) is 1.27. The fraction of sp³-hybridized carbons (Fsp3) is 0. The molecule has 0 saturated carbocycles. The second-order valence-electron chi connectivity index (χ2n) is 4.37. The van der Waals surface area contributed by atoms with Gasteiger partial charge in [-0.25, -0.2) is 0 Å². The van der Waals surface area contributed by atoms with Crippen LogP contribution in [0.1, 0.15) is 0 Å². The number of benzene rings is 3. The monoisotopic (exact) mass is 296 g/mol. The molecule has 1 aliphatic heterocycles. The van der Waals surface area contributed by atoms with Crippen LogP contribution in [0.4, 0.5) is 0 Å². The molecule has 1 nitrogen and oxygen atoms in total. The molecule has 1 heterocycles. The maximum Gasteiger partial charge on any atom is 0.135 e. The lowest BCUT2D eigenvalue weighted by Crippen LogP contribution is -1.96. The minimum atomic E-state index is 0.930. The van der Waals surface area contributed by atoms with E-state index in [-0.39, 0.29) is 0 Å². The largest absolute Gasteiger partial charge is 0.456 e. The van der Waals surface area contributed by atoms with Gasteiger partial charge in [-0.3, -0.25) is 0 Å². The molecule has 0 aliphatic carbocycles. The third-order valence-electron chi connectivity index (χ3n) is 3.35. The Balaban J connectivity index is 2.22. The molecule has 0 saturated heterocycles. The van der Waals surface area contributed by atoms with Crippen LogP contribution in [0.25, 0.3) is 21.9 Å². The maximum atomic E-state index is 5.98. The van der Waals surface area contributed by atoms with Crippen LogP contribution >= 0.6 is 15.9 Å². The van der Waals surface area contributed by atoms with E-state index in [4.69, 9.17) is 4.74 Å². The van der Waals surface area contributed by atoms with Gasteiger partial charge >= 0.3 is 0 Å². The Hall–Kier alpha value is -1.80. The zero-order valence-corrected chi connectivity index (χ0v) is 11.1. The summed E-state index contributed by atoms with van der Waals surface area (Å²) in [5.41, 5.74) is 2.40. The molecule has 0 amide bonds. The Morgan fingerprint density at radius 2 is 1.56 bits per heavy atom. The quantitative estimate of drug-likeness (QED) is 0.423. The van der Waals surface area contributed by atoms with E-state index in [9.17, 15) is 0 Å². The fourth-order valence-corrected chi connectivity index (χ4v) is 3.01. The summed E-state index contributed by atoms with van der Waals surface area (Å²) in [5.74, 6) is 1.86. The van der Waals surface area contributed by atoms with Crippen LogP contribution in [0, 0.1) is 0 Å². The fourth-order valence-electron chi connectivity index (χ4n) is 2.54. The average molecular weight is 297 g/mol. The Morgan fingerprint density at radius 1 is 0.722 bits per heavy atom. The van der Waals surface area contributed by atoms with Crippen molar-refractivity contribution in [2.75, 3.05) is 0 Å². The molecular weight excluding hydrogens is 288 g/mol. The summed E-state index contributed by atoms with van der Waals surface area (Å²) in [6.45, 7) is 0. The molecule has 86 valence electrons. The number of para-hydroxylation sites is 1. The summed E-state index contributed by atoms with van der Waals surface area (Å²) in [4.78, 5) is 0. The maximum absolute atomic E-state index is 5.98. The van der Waals surface area contributed by atoms with Gasteiger partial charge in [0.15, 0.2) is 0 Å². The number of halogens is 1. The van der Waals surface area contributed by atoms with Crippen LogP contribution in [0.15, 0.2) is 59.1 Å². The number of fused-ring (bicyclic) bond motifs is 2. The van der Waals surface area contributed by atoms with Gasteiger partial charge < -0.3 is 4.74 Å². The summed E-state index contributed by atoms with van der Waals surface area (Å²) in [5, 5.41) is 2.38. The first-order valence-corrected chi connectivity index (χ1v) is 6.62. The van der Waals surface area contributed by atoms with Gasteiger partial charge in [-0.1, -0.05) is 52.3 Å². The lowest BCUT2D eigenvalue weighted by atomic mass is 9.95. The van der Waals surface area contributed by atoms with Crippen molar-refractivity contribution < 1.29 is 4.74 Å². The summed E-state index contributed by atoms with van der Waals surface area (Å²) < 4.78 is 7.09. The van der Waals surface area contributed by atoms with Crippen LogP contribution < -0.4 is 4.74 Å². The first-order chi connectivity index (χ1) is 8.84. The van der Waals surface area contributed by atoms with E-state index in [0.717, 1.165) is 21.5 Å². The van der Waals surface area contributed by atoms with Crippen molar-refractivity contribution in [3.8, 4) is 22.6 Å². The van der Waals surface area contributed by atoms with E-state index in [0.29, 0.717) is 0 Å². The van der Waals surface area contributed by atoms with Crippen LogP contribution in [0.3, 0.4) is 0 Å². The molecule has 0 spiro atoms. The minimum absolute atomic E-state index is 0.930. The first kappa shape index (κ1) is 10.2. The van der Waals surface area contributed by atoms with E-state index in [1.807, 2.05) is 30.3 Å². The second kappa shape index (κ2) is 3.59. The molecule has 0 N–H and O–H groups in total. The lowest BCUT2D eigenvalue weighted by molar-refractivity contribution is 0.487. The summed E-state index contributed by atoms with van der Waals surface area (Å²) >= 11 is 3.60. The van der Waals surface area contributed by atoms with Gasteiger partial charge in [0, 0.05) is 20.8 Å². The molecule has 4 rings (SSSR count). The first-order valence-electron chi connectivity index (χ1n) is 5.83. The third-order valence-corrected chi connectivity index (χ3v) is 4.04. The molecule has 0 atom stereocenters. The zero-order valence-electron chi connectivity index (χ0n) is 9.48. The van der Waals surface area contributed by atoms with Gasteiger partial charge in [-0.05, 0) is 23.8 Å². The van der Waals surface area contributed by atoms with Crippen molar-refractivity contribution in [3.05, 3.63) is 59.1 Å². The Bertz CT molecular complexity index is 777. The van der Waals surface area contributed by atoms with Crippen LogP contribution in [0.2, 0.25) is 0 Å². The molecule has 1 aliphatic rings. The van der Waals surface area contributed by atoms with E-state index in [2.05, 4.69) is 40.2 Å². The Morgan fingerprint density at radius 3 is 2.50 bits per heavy atom. The highest BCUT2D eigenvalue weighted by molar-refractivity contribution is 9.10. The molecular formula is C16H9BrO. The Kier molecular flexibility index (Phi) is 2.03. The summed E-state index contributed by atoms with van der Waals surface area (Å²) in [6, 6.07) is 18.6. The van der Waals surface area contributed by atoms with Crippen molar-refractivity contribution >= 4 is 26.7 Å². The SMILES string of the molecule is Brc1ccc2c3c(cccc13)Oc1ccccc1-2. The molecule has 0 bridgehead atoms. The minimum Gasteiger partial charge on any atom is -0.456 e. The number of ether oxygens (including phenoxy) is 1. The highest BCUT2D eigenvalue weighted by Crippen LogP contribution is 2.47. The van der Waals surface area contributed by atoms with Gasteiger partial charge in [-0.2, -0.15) is 0 Å². The topological polar surface area (TPSA) is 9.23 Å². The van der Waals surface area contributed by atoms with Crippen LogP contribution in [0.5, 0.6) is 11.5 Å². The van der Waals surface area contributed by atoms with E-state index in [1.54, 1.807) is 0 Å². The van der Waals surface area contributed by atoms with Gasteiger partial charge in [0.25, 0.3) is 0 Å². The molecule has 18 heavy (non-hydrogen) atoms. The van der Waals surface area contributed by atoms with Crippen molar-refractivity contribution in [1.82, 2.24) is 0 Å². The van der Waals surface area contributed by atoms with Gasteiger partial charge in [0.2, 0.25) is 0 Å². The van der Waals surface area contributed by atoms with E-state index in [1.165, 1.54) is 16.3 Å². The van der Waals surface area contributed by atoms with Gasteiger partial charge in [-0.15, -0.1) is 0 Å². The number of hydrogen-bond donors (Lipinski definition) is 0. The predicted molar refractivity (Wildman–Crippen MR) is 77.2 cm³/mol. The van der Waals surface area contributed by atoms with Gasteiger partial charge in [0.1, 0.15) is 11.5 Å². The highest BCUT2D eigenvalue weighted by Gasteiger charge is 2.19.